The molecule has 41 heavy (non-hydrogen) atoms. The molecule has 0 saturated heterocycles. The van der Waals surface area contributed by atoms with Crippen LogP contribution in [0.15, 0.2) is 67.3 Å². The molecule has 2 fully saturated rings. The van der Waals surface area contributed by atoms with E-state index in [0.29, 0.717) is 18.1 Å². The lowest BCUT2D eigenvalue weighted by Gasteiger charge is -2.37. The van der Waals surface area contributed by atoms with Gasteiger partial charge in [0.2, 0.25) is 5.82 Å². The van der Waals surface area contributed by atoms with Crippen molar-refractivity contribution in [2.24, 2.45) is 17.8 Å². The van der Waals surface area contributed by atoms with Crippen molar-refractivity contribution in [1.82, 2.24) is 0 Å². The van der Waals surface area contributed by atoms with Crippen molar-refractivity contribution in [2.45, 2.75) is 83.5 Å². The Morgan fingerprint density at radius 1 is 0.732 bits per heavy atom. The van der Waals surface area contributed by atoms with Crippen LogP contribution in [0, 0.1) is 35.2 Å². The first-order valence-corrected chi connectivity index (χ1v) is 15.6. The van der Waals surface area contributed by atoms with E-state index < -0.39 is 11.6 Å². The van der Waals surface area contributed by atoms with E-state index in [1.165, 1.54) is 44.6 Å². The summed E-state index contributed by atoms with van der Waals surface area (Å²) in [6.45, 7) is 6.41. The predicted molar refractivity (Wildman–Crippen MR) is 163 cm³/mol. The summed E-state index contributed by atoms with van der Waals surface area (Å²) in [5.74, 6) is 0.503. The molecule has 0 aliphatic heterocycles. The molecule has 2 aliphatic rings. The van der Waals surface area contributed by atoms with E-state index in [-0.39, 0.29) is 23.0 Å². The molecule has 0 spiro atoms. The smallest absolute Gasteiger partial charge is 0.201 e. The Bertz CT molecular complexity index is 1300. The van der Waals surface area contributed by atoms with Crippen molar-refractivity contribution >= 4 is 0 Å². The molecule has 3 aromatic rings. The molecule has 218 valence electrons. The van der Waals surface area contributed by atoms with Gasteiger partial charge in [0, 0.05) is 5.56 Å². The fourth-order valence-electron chi connectivity index (χ4n) is 7.03. The normalized spacial score (nSPS) is 22.8. The fraction of sp³-hybridized carbons (Fsp3) is 0.459. The summed E-state index contributed by atoms with van der Waals surface area (Å²) in [5.41, 5.74) is 3.20. The number of benzene rings is 3. The Balaban J connectivity index is 1.21. The standard InChI is InChI=1S/C37H43F3O/c1-3-5-6-23-41-35-22-21-33(36(39)37(35)40)30-17-13-28(14-18-30)31-19-20-32(34(38)24-31)29-15-11-27(12-16-29)26-9-7-25(4-2)8-10-26/h4,13-14,17-22,24-27,29H,2-3,5-12,15-16,23H2,1H3. The van der Waals surface area contributed by atoms with Gasteiger partial charge in [-0.1, -0.05) is 62.2 Å². The topological polar surface area (TPSA) is 9.23 Å². The number of hydrogen-bond donors (Lipinski definition) is 0. The first-order chi connectivity index (χ1) is 20.0. The molecule has 0 N–H and O–H groups in total. The maximum atomic E-state index is 15.4. The van der Waals surface area contributed by atoms with Crippen molar-refractivity contribution < 1.29 is 17.9 Å². The van der Waals surface area contributed by atoms with E-state index >= 15 is 4.39 Å². The third kappa shape index (κ3) is 6.90. The van der Waals surface area contributed by atoms with Gasteiger partial charge in [0.15, 0.2) is 11.6 Å². The molecule has 0 heterocycles. The monoisotopic (exact) mass is 560 g/mol. The average Bonchev–Trinajstić information content (AvgIpc) is 3.01. The highest BCUT2D eigenvalue weighted by Gasteiger charge is 2.31. The summed E-state index contributed by atoms with van der Waals surface area (Å²) < 4.78 is 50.3. The lowest BCUT2D eigenvalue weighted by atomic mass is 9.68. The van der Waals surface area contributed by atoms with Crippen LogP contribution in [0.3, 0.4) is 0 Å². The summed E-state index contributed by atoms with van der Waals surface area (Å²) in [6, 6.07) is 15.8. The molecule has 1 nitrogen and oxygen atoms in total. The molecule has 2 aliphatic carbocycles. The number of allylic oxidation sites excluding steroid dienone is 1. The Morgan fingerprint density at radius 3 is 2.00 bits per heavy atom. The van der Waals surface area contributed by atoms with E-state index in [1.807, 2.05) is 24.3 Å². The van der Waals surface area contributed by atoms with E-state index in [4.69, 9.17) is 4.74 Å². The molecule has 0 atom stereocenters. The number of rotatable bonds is 10. The molecule has 0 bridgehead atoms. The average molecular weight is 561 g/mol. The van der Waals surface area contributed by atoms with Crippen LogP contribution in [-0.2, 0) is 0 Å². The third-order valence-electron chi connectivity index (χ3n) is 9.61. The minimum atomic E-state index is -0.963. The van der Waals surface area contributed by atoms with Gasteiger partial charge in [-0.25, -0.2) is 8.78 Å². The van der Waals surface area contributed by atoms with Crippen LogP contribution in [-0.4, -0.2) is 6.61 Å². The van der Waals surface area contributed by atoms with Crippen molar-refractivity contribution in [2.75, 3.05) is 6.61 Å². The summed E-state index contributed by atoms with van der Waals surface area (Å²) in [6.07, 6.45) is 14.6. The lowest BCUT2D eigenvalue weighted by molar-refractivity contribution is 0.171. The van der Waals surface area contributed by atoms with Crippen LogP contribution in [0.4, 0.5) is 13.2 Å². The van der Waals surface area contributed by atoms with E-state index in [9.17, 15) is 8.78 Å². The van der Waals surface area contributed by atoms with Crippen LogP contribution in [0.5, 0.6) is 5.75 Å². The van der Waals surface area contributed by atoms with Crippen molar-refractivity contribution in [1.29, 1.82) is 0 Å². The van der Waals surface area contributed by atoms with Gasteiger partial charge in [-0.3, -0.25) is 0 Å². The van der Waals surface area contributed by atoms with Crippen molar-refractivity contribution in [3.05, 3.63) is 90.3 Å². The molecular weight excluding hydrogens is 517 g/mol. The molecule has 3 aromatic carbocycles. The van der Waals surface area contributed by atoms with Gasteiger partial charge in [0.05, 0.1) is 6.61 Å². The largest absolute Gasteiger partial charge is 0.490 e. The van der Waals surface area contributed by atoms with Gasteiger partial charge in [-0.2, -0.15) is 4.39 Å². The van der Waals surface area contributed by atoms with Crippen LogP contribution in [0.1, 0.15) is 89.0 Å². The van der Waals surface area contributed by atoms with Crippen molar-refractivity contribution in [3.63, 3.8) is 0 Å². The van der Waals surface area contributed by atoms with Gasteiger partial charge in [0.25, 0.3) is 0 Å². The van der Waals surface area contributed by atoms with Crippen LogP contribution >= 0.6 is 0 Å². The second-order valence-electron chi connectivity index (χ2n) is 12.1. The van der Waals surface area contributed by atoms with Crippen LogP contribution in [0.25, 0.3) is 22.3 Å². The van der Waals surface area contributed by atoms with Gasteiger partial charge in [-0.15, -0.1) is 6.58 Å². The van der Waals surface area contributed by atoms with E-state index in [0.717, 1.165) is 60.6 Å². The lowest BCUT2D eigenvalue weighted by Crippen LogP contribution is -2.25. The first kappa shape index (κ1) is 29.5. The van der Waals surface area contributed by atoms with Crippen LogP contribution < -0.4 is 4.74 Å². The molecule has 4 heteroatoms. The summed E-state index contributed by atoms with van der Waals surface area (Å²) in [7, 11) is 0. The molecule has 2 saturated carbocycles. The number of ether oxygens (including phenoxy) is 1. The number of halogens is 3. The zero-order valence-electron chi connectivity index (χ0n) is 24.3. The minimum absolute atomic E-state index is 0.0568. The Morgan fingerprint density at radius 2 is 1.37 bits per heavy atom. The van der Waals surface area contributed by atoms with Gasteiger partial charge >= 0.3 is 0 Å². The molecule has 0 amide bonds. The Hall–Kier alpha value is -3.01. The molecule has 5 rings (SSSR count). The quantitative estimate of drug-likeness (QED) is 0.177. The van der Waals surface area contributed by atoms with Crippen molar-refractivity contribution in [3.8, 4) is 28.0 Å². The highest BCUT2D eigenvalue weighted by Crippen LogP contribution is 2.44. The maximum absolute atomic E-state index is 15.4. The van der Waals surface area contributed by atoms with E-state index in [1.54, 1.807) is 24.3 Å². The zero-order valence-corrected chi connectivity index (χ0v) is 24.3. The van der Waals surface area contributed by atoms with Gasteiger partial charge in [-0.05, 0) is 122 Å². The zero-order chi connectivity index (χ0) is 28.8. The number of hydrogen-bond acceptors (Lipinski definition) is 1. The first-order valence-electron chi connectivity index (χ1n) is 15.6. The maximum Gasteiger partial charge on any atom is 0.201 e. The molecule has 0 radical (unpaired) electrons. The molecule has 0 aromatic heterocycles. The highest BCUT2D eigenvalue weighted by molar-refractivity contribution is 5.71. The Labute approximate surface area is 243 Å². The summed E-state index contributed by atoms with van der Waals surface area (Å²) >= 11 is 0. The predicted octanol–water partition coefficient (Wildman–Crippen LogP) is 11.3. The fourth-order valence-corrected chi connectivity index (χ4v) is 7.03. The Kier molecular flexibility index (Phi) is 9.90. The highest BCUT2D eigenvalue weighted by atomic mass is 19.2. The summed E-state index contributed by atoms with van der Waals surface area (Å²) in [4.78, 5) is 0. The molecular formula is C37H43F3O. The van der Waals surface area contributed by atoms with E-state index in [2.05, 4.69) is 19.6 Å². The third-order valence-corrected chi connectivity index (χ3v) is 9.61. The number of unbranched alkanes of at least 4 members (excludes halogenated alkanes) is 2. The van der Waals surface area contributed by atoms with Crippen LogP contribution in [0.2, 0.25) is 0 Å². The minimum Gasteiger partial charge on any atom is -0.490 e. The molecule has 0 unspecified atom stereocenters. The summed E-state index contributed by atoms with van der Waals surface area (Å²) in [5, 5.41) is 0. The van der Waals surface area contributed by atoms with Gasteiger partial charge in [0.1, 0.15) is 5.82 Å². The SMILES string of the molecule is C=CC1CCC(C2CCC(c3ccc(-c4ccc(-c5ccc(OCCCCC)c(F)c5F)cc4)cc3F)CC2)CC1. The second kappa shape index (κ2) is 13.8. The van der Waals surface area contributed by atoms with Gasteiger partial charge < -0.3 is 4.74 Å². The second-order valence-corrected chi connectivity index (χ2v) is 12.1.